The fourth-order valence-electron chi connectivity index (χ4n) is 1.50. The first kappa shape index (κ1) is 13.0. The van der Waals surface area contributed by atoms with Gasteiger partial charge in [0.25, 0.3) is 0 Å². The Morgan fingerprint density at radius 3 is 2.88 bits per heavy atom. The summed E-state index contributed by atoms with van der Waals surface area (Å²) in [6, 6.07) is 0. The zero-order valence-electron chi connectivity index (χ0n) is 9.94. The molecule has 0 aliphatic carbocycles. The van der Waals surface area contributed by atoms with Crippen LogP contribution in [0.4, 0.5) is 0 Å². The summed E-state index contributed by atoms with van der Waals surface area (Å²) in [7, 11) is 0. The third-order valence-corrected chi connectivity index (χ3v) is 2.68. The molecule has 0 aliphatic heterocycles. The van der Waals surface area contributed by atoms with Crippen LogP contribution in [0.2, 0.25) is 0 Å². The predicted molar refractivity (Wildman–Crippen MR) is 67.3 cm³/mol. The fraction of sp³-hybridized carbons (Fsp3) is 0.800. The summed E-state index contributed by atoms with van der Waals surface area (Å²) >= 11 is 5.16. The van der Waals surface area contributed by atoms with Crippen molar-refractivity contribution in [1.29, 1.82) is 0 Å². The van der Waals surface area contributed by atoms with Crippen LogP contribution in [0.15, 0.2) is 0 Å². The molecule has 90 valence electrons. The predicted octanol–water partition coefficient (Wildman–Crippen LogP) is 1.34. The van der Waals surface area contributed by atoms with E-state index in [9.17, 15) is 0 Å². The Balaban J connectivity index is 2.18. The van der Waals surface area contributed by atoms with Crippen molar-refractivity contribution in [2.24, 2.45) is 0 Å². The molecule has 0 unspecified atom stereocenters. The third kappa shape index (κ3) is 4.22. The van der Waals surface area contributed by atoms with Gasteiger partial charge in [-0.2, -0.15) is 0 Å². The molecule has 0 bridgehead atoms. The van der Waals surface area contributed by atoms with E-state index in [-0.39, 0.29) is 0 Å². The van der Waals surface area contributed by atoms with Gasteiger partial charge in [-0.25, -0.2) is 4.68 Å². The second kappa shape index (κ2) is 7.27. The van der Waals surface area contributed by atoms with E-state index in [0.717, 1.165) is 49.6 Å². The van der Waals surface area contributed by atoms with Crippen LogP contribution >= 0.6 is 12.2 Å². The highest BCUT2D eigenvalue weighted by Gasteiger charge is 2.03. The molecule has 1 aromatic rings. The molecule has 0 saturated carbocycles. The van der Waals surface area contributed by atoms with E-state index >= 15 is 0 Å². The van der Waals surface area contributed by atoms with Gasteiger partial charge in [0.1, 0.15) is 0 Å². The van der Waals surface area contributed by atoms with Crippen molar-refractivity contribution in [1.82, 2.24) is 25.5 Å². The quantitative estimate of drug-likeness (QED) is 0.577. The molecular weight excluding hydrogens is 222 g/mol. The summed E-state index contributed by atoms with van der Waals surface area (Å²) in [5.41, 5.74) is 0. The molecule has 6 heteroatoms. The highest BCUT2D eigenvalue weighted by Crippen LogP contribution is 2.03. The van der Waals surface area contributed by atoms with E-state index in [4.69, 9.17) is 12.2 Å². The average Bonchev–Trinajstić information content (AvgIpc) is 2.72. The molecule has 0 aromatic carbocycles. The lowest BCUT2D eigenvalue weighted by molar-refractivity contribution is 0.584. The minimum atomic E-state index is 0.831. The van der Waals surface area contributed by atoms with Crippen LogP contribution in [-0.2, 0) is 13.0 Å². The van der Waals surface area contributed by atoms with Gasteiger partial charge in [0.2, 0.25) is 0 Å². The molecule has 0 radical (unpaired) electrons. The molecule has 0 aliphatic rings. The maximum absolute atomic E-state index is 5.16. The van der Waals surface area contributed by atoms with E-state index in [0.29, 0.717) is 0 Å². The van der Waals surface area contributed by atoms with Crippen LogP contribution in [0.5, 0.6) is 0 Å². The summed E-state index contributed by atoms with van der Waals surface area (Å²) in [5.74, 6) is 0.969. The van der Waals surface area contributed by atoms with Gasteiger partial charge in [-0.3, -0.25) is 0 Å². The van der Waals surface area contributed by atoms with Crippen molar-refractivity contribution in [2.75, 3.05) is 6.54 Å². The second-order valence-electron chi connectivity index (χ2n) is 3.57. The largest absolute Gasteiger partial charge is 0.380 e. The number of nitrogens with zero attached hydrogens (tertiary/aromatic N) is 4. The monoisotopic (exact) mass is 241 g/mol. The Bertz CT molecular complexity index is 323. The van der Waals surface area contributed by atoms with Gasteiger partial charge in [0.15, 0.2) is 5.82 Å². The van der Waals surface area contributed by atoms with Gasteiger partial charge in [-0.15, -0.1) is 5.10 Å². The van der Waals surface area contributed by atoms with Crippen LogP contribution in [-0.4, -0.2) is 31.7 Å². The first-order chi connectivity index (χ1) is 7.77. The Labute approximate surface area is 102 Å². The Kier molecular flexibility index (Phi) is 5.92. The third-order valence-electron chi connectivity index (χ3n) is 2.33. The highest BCUT2D eigenvalue weighted by atomic mass is 32.1. The summed E-state index contributed by atoms with van der Waals surface area (Å²) in [6.07, 6.45) is 4.04. The maximum atomic E-state index is 5.16. The number of unbranched alkanes of at least 4 members (excludes halogenated alkanes) is 1. The minimum absolute atomic E-state index is 0.831. The molecule has 5 nitrogen and oxygen atoms in total. The molecule has 0 atom stereocenters. The lowest BCUT2D eigenvalue weighted by Crippen LogP contribution is -2.20. The lowest BCUT2D eigenvalue weighted by Gasteiger charge is -2.04. The summed E-state index contributed by atoms with van der Waals surface area (Å²) in [5, 5.41) is 14.7. The summed E-state index contributed by atoms with van der Waals surface area (Å²) in [4.78, 5) is 0.956. The van der Waals surface area contributed by atoms with Gasteiger partial charge >= 0.3 is 0 Å². The number of nitrogens with one attached hydrogen (secondary N) is 1. The zero-order chi connectivity index (χ0) is 11.8. The van der Waals surface area contributed by atoms with Gasteiger partial charge in [0, 0.05) is 19.5 Å². The topological polar surface area (TPSA) is 55.6 Å². The molecule has 1 rings (SSSR count). The first-order valence-electron chi connectivity index (χ1n) is 5.79. The van der Waals surface area contributed by atoms with Crippen LogP contribution < -0.4 is 5.32 Å². The molecule has 16 heavy (non-hydrogen) atoms. The van der Waals surface area contributed by atoms with E-state index < -0.39 is 0 Å². The standard InChI is InChI=1S/C10H19N5S/c1-3-11-10(16)8-6-5-7-9-12-13-14-15(9)4-2/h3-8H2,1-2H3,(H,11,16). The Hall–Kier alpha value is -1.04. The Morgan fingerprint density at radius 2 is 2.19 bits per heavy atom. The van der Waals surface area contributed by atoms with Crippen molar-refractivity contribution < 1.29 is 0 Å². The van der Waals surface area contributed by atoms with Gasteiger partial charge < -0.3 is 5.32 Å². The molecule has 1 N–H and O–H groups in total. The van der Waals surface area contributed by atoms with Crippen LogP contribution in [0, 0.1) is 0 Å². The van der Waals surface area contributed by atoms with Crippen LogP contribution in [0.1, 0.15) is 38.9 Å². The molecule has 0 spiro atoms. The molecule has 1 heterocycles. The van der Waals surface area contributed by atoms with Gasteiger partial charge in [0.05, 0.1) is 4.99 Å². The number of rotatable bonds is 7. The molecule has 0 saturated heterocycles. The highest BCUT2D eigenvalue weighted by molar-refractivity contribution is 7.80. The van der Waals surface area contributed by atoms with Crippen molar-refractivity contribution in [2.45, 2.75) is 46.1 Å². The number of aromatic nitrogens is 4. The van der Waals surface area contributed by atoms with Crippen molar-refractivity contribution in [3.05, 3.63) is 5.82 Å². The smallest absolute Gasteiger partial charge is 0.151 e. The molecule has 1 aromatic heterocycles. The normalized spacial score (nSPS) is 10.4. The Morgan fingerprint density at radius 1 is 1.38 bits per heavy atom. The lowest BCUT2D eigenvalue weighted by atomic mass is 10.2. The number of thiocarbonyl (C=S) groups is 1. The maximum Gasteiger partial charge on any atom is 0.151 e. The van der Waals surface area contributed by atoms with Crippen molar-refractivity contribution in [3.63, 3.8) is 0 Å². The fourth-order valence-corrected chi connectivity index (χ4v) is 1.79. The number of hydrogen-bond donors (Lipinski definition) is 1. The molecule has 0 fully saturated rings. The van der Waals surface area contributed by atoms with Crippen LogP contribution in [0.25, 0.3) is 0 Å². The number of tetrazole rings is 1. The van der Waals surface area contributed by atoms with Crippen molar-refractivity contribution >= 4 is 17.2 Å². The molecule has 0 amide bonds. The van der Waals surface area contributed by atoms with E-state index in [1.165, 1.54) is 0 Å². The van der Waals surface area contributed by atoms with E-state index in [1.807, 2.05) is 11.6 Å². The first-order valence-corrected chi connectivity index (χ1v) is 6.20. The zero-order valence-corrected chi connectivity index (χ0v) is 10.8. The van der Waals surface area contributed by atoms with Gasteiger partial charge in [-0.1, -0.05) is 12.2 Å². The van der Waals surface area contributed by atoms with E-state index in [1.54, 1.807) is 0 Å². The average molecular weight is 241 g/mol. The molecular formula is C10H19N5S. The van der Waals surface area contributed by atoms with E-state index in [2.05, 4.69) is 27.8 Å². The minimum Gasteiger partial charge on any atom is -0.380 e. The summed E-state index contributed by atoms with van der Waals surface area (Å²) in [6.45, 7) is 5.84. The number of aryl methyl sites for hydroxylation is 2. The number of hydrogen-bond acceptors (Lipinski definition) is 4. The SMILES string of the molecule is CCNC(=S)CCCCc1nnnn1CC. The summed E-state index contributed by atoms with van der Waals surface area (Å²) < 4.78 is 1.84. The van der Waals surface area contributed by atoms with Crippen molar-refractivity contribution in [3.8, 4) is 0 Å². The van der Waals surface area contributed by atoms with Crippen LogP contribution in [0.3, 0.4) is 0 Å². The second-order valence-corrected chi connectivity index (χ2v) is 4.06. The van der Waals surface area contributed by atoms with Gasteiger partial charge in [-0.05, 0) is 43.5 Å².